The van der Waals surface area contributed by atoms with Gasteiger partial charge < -0.3 is 10.6 Å². The Morgan fingerprint density at radius 1 is 1.18 bits per heavy atom. The lowest BCUT2D eigenvalue weighted by atomic mass is 10.3. The van der Waals surface area contributed by atoms with E-state index in [-0.39, 0.29) is 11.9 Å². The van der Waals surface area contributed by atoms with Crippen LogP contribution in [0.3, 0.4) is 0 Å². The number of rotatable bonds is 5. The minimum Gasteiger partial charge on any atom is -0.351 e. The zero-order valence-electron chi connectivity index (χ0n) is 12.5. The van der Waals surface area contributed by atoms with Crippen molar-refractivity contribution in [2.45, 2.75) is 20.3 Å². The molecule has 0 saturated heterocycles. The third-order valence-corrected chi connectivity index (χ3v) is 3.86. The second-order valence-corrected chi connectivity index (χ2v) is 5.63. The zero-order chi connectivity index (χ0) is 15.9. The maximum atomic E-state index is 11.9. The molecule has 1 aromatic heterocycles. The number of para-hydroxylation sites is 1. The number of aromatic nitrogens is 1. The summed E-state index contributed by atoms with van der Waals surface area (Å²) in [6.07, 6.45) is 0.869. The summed E-state index contributed by atoms with van der Waals surface area (Å²) in [4.78, 5) is 28.6. The summed E-state index contributed by atoms with van der Waals surface area (Å²) in [5, 5.41) is 8.53. The maximum absolute atomic E-state index is 11.9. The molecule has 0 fully saturated rings. The first-order chi connectivity index (χ1) is 10.6. The van der Waals surface area contributed by atoms with Crippen LogP contribution in [0.15, 0.2) is 30.3 Å². The highest BCUT2D eigenvalue weighted by molar-refractivity contribution is 7.17. The minimum atomic E-state index is -0.388. The van der Waals surface area contributed by atoms with Gasteiger partial charge in [0, 0.05) is 12.2 Å². The molecule has 0 saturated carbocycles. The van der Waals surface area contributed by atoms with E-state index >= 15 is 0 Å². The van der Waals surface area contributed by atoms with E-state index in [4.69, 9.17) is 0 Å². The SMILES string of the molecule is CCCNC(=O)c1sc(NC(=O)Nc2ccccc2)nc1C. The topological polar surface area (TPSA) is 83.1 Å². The lowest BCUT2D eigenvalue weighted by molar-refractivity contribution is 0.0957. The van der Waals surface area contributed by atoms with Gasteiger partial charge in [0.2, 0.25) is 0 Å². The Balaban J connectivity index is 1.98. The summed E-state index contributed by atoms with van der Waals surface area (Å²) < 4.78 is 0. The molecule has 2 aromatic rings. The number of anilines is 2. The van der Waals surface area contributed by atoms with Gasteiger partial charge in [0.05, 0.1) is 5.69 Å². The van der Waals surface area contributed by atoms with Crippen LogP contribution in [0.2, 0.25) is 0 Å². The molecule has 2 rings (SSSR count). The third-order valence-electron chi connectivity index (χ3n) is 2.79. The number of urea groups is 1. The third kappa shape index (κ3) is 4.29. The van der Waals surface area contributed by atoms with Crippen LogP contribution in [0.1, 0.15) is 28.7 Å². The molecule has 7 heteroatoms. The smallest absolute Gasteiger partial charge is 0.325 e. The molecule has 0 spiro atoms. The molecule has 1 aromatic carbocycles. The molecular formula is C15H18N4O2S. The van der Waals surface area contributed by atoms with E-state index in [1.165, 1.54) is 0 Å². The average Bonchev–Trinajstić information content (AvgIpc) is 2.86. The number of carbonyl (C=O) groups excluding carboxylic acids is 2. The second kappa shape index (κ2) is 7.56. The van der Waals surface area contributed by atoms with Gasteiger partial charge in [0.1, 0.15) is 4.88 Å². The number of hydrogen-bond donors (Lipinski definition) is 3. The van der Waals surface area contributed by atoms with E-state index in [2.05, 4.69) is 20.9 Å². The van der Waals surface area contributed by atoms with Crippen LogP contribution in [-0.2, 0) is 0 Å². The number of thiazole rings is 1. The molecule has 0 aliphatic carbocycles. The Morgan fingerprint density at radius 3 is 2.59 bits per heavy atom. The van der Waals surface area contributed by atoms with Gasteiger partial charge >= 0.3 is 6.03 Å². The highest BCUT2D eigenvalue weighted by atomic mass is 32.1. The van der Waals surface area contributed by atoms with E-state index in [0.717, 1.165) is 17.8 Å². The van der Waals surface area contributed by atoms with E-state index in [1.807, 2.05) is 25.1 Å². The molecular weight excluding hydrogens is 300 g/mol. The number of nitrogens with zero attached hydrogens (tertiary/aromatic N) is 1. The summed E-state index contributed by atoms with van der Waals surface area (Å²) in [7, 11) is 0. The van der Waals surface area contributed by atoms with Gasteiger partial charge in [0.25, 0.3) is 5.91 Å². The van der Waals surface area contributed by atoms with Crippen LogP contribution in [0, 0.1) is 6.92 Å². The Labute approximate surface area is 133 Å². The Hall–Kier alpha value is -2.41. The first-order valence-corrected chi connectivity index (χ1v) is 7.80. The van der Waals surface area contributed by atoms with Gasteiger partial charge in [-0.25, -0.2) is 9.78 Å². The van der Waals surface area contributed by atoms with Crippen LogP contribution in [-0.4, -0.2) is 23.5 Å². The van der Waals surface area contributed by atoms with Crippen molar-refractivity contribution in [2.75, 3.05) is 17.2 Å². The summed E-state index contributed by atoms with van der Waals surface area (Å²) >= 11 is 1.16. The van der Waals surface area contributed by atoms with Crippen molar-refractivity contribution in [3.05, 3.63) is 40.9 Å². The highest BCUT2D eigenvalue weighted by Gasteiger charge is 2.16. The van der Waals surface area contributed by atoms with E-state index in [1.54, 1.807) is 19.1 Å². The number of benzene rings is 1. The average molecular weight is 318 g/mol. The summed E-state index contributed by atoms with van der Waals surface area (Å²) in [6.45, 7) is 4.35. The van der Waals surface area contributed by atoms with Crippen LogP contribution in [0.5, 0.6) is 0 Å². The molecule has 0 bridgehead atoms. The highest BCUT2D eigenvalue weighted by Crippen LogP contribution is 2.22. The summed E-state index contributed by atoms with van der Waals surface area (Å²) in [5.74, 6) is -0.159. The standard InChI is InChI=1S/C15H18N4O2S/c1-3-9-16-13(20)12-10(2)17-15(22-12)19-14(21)18-11-7-5-4-6-8-11/h4-8H,3,9H2,1-2H3,(H,16,20)(H2,17,18,19,21). The van der Waals surface area contributed by atoms with Crippen molar-refractivity contribution < 1.29 is 9.59 Å². The summed E-state index contributed by atoms with van der Waals surface area (Å²) in [6, 6.07) is 8.72. The number of hydrogen-bond acceptors (Lipinski definition) is 4. The molecule has 116 valence electrons. The lowest BCUT2D eigenvalue weighted by Crippen LogP contribution is -2.23. The normalized spacial score (nSPS) is 10.1. The van der Waals surface area contributed by atoms with Crippen molar-refractivity contribution >= 4 is 34.1 Å². The minimum absolute atomic E-state index is 0.159. The number of aryl methyl sites for hydroxylation is 1. The first kappa shape index (κ1) is 16.0. The van der Waals surface area contributed by atoms with Gasteiger partial charge in [-0.3, -0.25) is 10.1 Å². The van der Waals surface area contributed by atoms with Crippen molar-refractivity contribution in [1.29, 1.82) is 0 Å². The van der Waals surface area contributed by atoms with Crippen LogP contribution < -0.4 is 16.0 Å². The molecule has 6 nitrogen and oxygen atoms in total. The maximum Gasteiger partial charge on any atom is 0.325 e. The number of carbonyl (C=O) groups is 2. The van der Waals surface area contributed by atoms with Gasteiger partial charge in [0.15, 0.2) is 5.13 Å². The van der Waals surface area contributed by atoms with Crippen LogP contribution in [0.4, 0.5) is 15.6 Å². The fourth-order valence-corrected chi connectivity index (χ4v) is 2.64. The molecule has 0 unspecified atom stereocenters. The Bertz CT molecular complexity index is 655. The van der Waals surface area contributed by atoms with Crippen molar-refractivity contribution in [3.8, 4) is 0 Å². The Kier molecular flexibility index (Phi) is 5.48. The molecule has 1 heterocycles. The molecule has 3 amide bonds. The van der Waals surface area contributed by atoms with Crippen molar-refractivity contribution in [1.82, 2.24) is 10.3 Å². The molecule has 0 radical (unpaired) electrons. The van der Waals surface area contributed by atoms with Crippen molar-refractivity contribution in [2.24, 2.45) is 0 Å². The van der Waals surface area contributed by atoms with Crippen LogP contribution >= 0.6 is 11.3 Å². The van der Waals surface area contributed by atoms with Gasteiger partial charge in [-0.1, -0.05) is 36.5 Å². The Morgan fingerprint density at radius 2 is 1.91 bits per heavy atom. The predicted molar refractivity (Wildman–Crippen MR) is 88.6 cm³/mol. The van der Waals surface area contributed by atoms with Gasteiger partial charge in [-0.15, -0.1) is 0 Å². The largest absolute Gasteiger partial charge is 0.351 e. The van der Waals surface area contributed by atoms with E-state index in [9.17, 15) is 9.59 Å². The predicted octanol–water partition coefficient (Wildman–Crippen LogP) is 3.24. The molecule has 0 aliphatic heterocycles. The molecule has 3 N–H and O–H groups in total. The quantitative estimate of drug-likeness (QED) is 0.791. The van der Waals surface area contributed by atoms with Crippen LogP contribution in [0.25, 0.3) is 0 Å². The van der Waals surface area contributed by atoms with Crippen molar-refractivity contribution in [3.63, 3.8) is 0 Å². The van der Waals surface area contributed by atoms with E-state index < -0.39 is 0 Å². The first-order valence-electron chi connectivity index (χ1n) is 6.99. The molecule has 22 heavy (non-hydrogen) atoms. The second-order valence-electron chi connectivity index (χ2n) is 4.63. The van der Waals surface area contributed by atoms with Gasteiger partial charge in [-0.2, -0.15) is 0 Å². The zero-order valence-corrected chi connectivity index (χ0v) is 13.3. The van der Waals surface area contributed by atoms with E-state index in [0.29, 0.717) is 27.9 Å². The fourth-order valence-electron chi connectivity index (χ4n) is 1.76. The summed E-state index contributed by atoms with van der Waals surface area (Å²) in [5.41, 5.74) is 1.29. The fraction of sp³-hybridized carbons (Fsp3) is 0.267. The number of amides is 3. The lowest BCUT2D eigenvalue weighted by Gasteiger charge is -2.04. The van der Waals surface area contributed by atoms with Gasteiger partial charge in [-0.05, 0) is 25.5 Å². The number of nitrogens with one attached hydrogen (secondary N) is 3. The molecule has 0 aliphatic rings. The monoisotopic (exact) mass is 318 g/mol. The molecule has 0 atom stereocenters.